The number of hydrogen-bond acceptors (Lipinski definition) is 14. The molecule has 0 aliphatic carbocycles. The average molecular weight is 956 g/mol. The maximum Gasteiger partial charge on any atom is 0.329 e. The molecule has 376 valence electrons. The van der Waals surface area contributed by atoms with Crippen molar-refractivity contribution in [1.29, 1.82) is 0 Å². The Kier molecular flexibility index (Phi) is 25.0. The summed E-state index contributed by atoms with van der Waals surface area (Å²) < 4.78 is 5.53. The molecule has 23 heteroatoms. The second kappa shape index (κ2) is 29.7. The van der Waals surface area contributed by atoms with Crippen molar-refractivity contribution in [2.24, 2.45) is 33.8 Å². The fourth-order valence-corrected chi connectivity index (χ4v) is 6.53. The molecule has 2 aromatic rings. The van der Waals surface area contributed by atoms with E-state index in [1.165, 1.54) is 38.1 Å². The second-order valence-electron chi connectivity index (χ2n) is 16.8. The largest absolute Gasteiger partial charge is 0.508 e. The van der Waals surface area contributed by atoms with Gasteiger partial charge in [0.25, 0.3) is 0 Å². The van der Waals surface area contributed by atoms with E-state index in [2.05, 4.69) is 36.9 Å². The van der Waals surface area contributed by atoms with Gasteiger partial charge in [-0.1, -0.05) is 56.3 Å². The van der Waals surface area contributed by atoms with Crippen molar-refractivity contribution < 1.29 is 58.4 Å². The molecule has 0 aliphatic rings. The molecule has 0 bridgehead atoms. The number of guanidine groups is 1. The smallest absolute Gasteiger partial charge is 0.329 e. The minimum Gasteiger partial charge on any atom is -0.508 e. The van der Waals surface area contributed by atoms with Gasteiger partial charge in [0.2, 0.25) is 35.4 Å². The molecule has 0 aromatic heterocycles. The number of carbonyl (C=O) groups excluding carboxylic acids is 7. The van der Waals surface area contributed by atoms with Crippen LogP contribution in [0.3, 0.4) is 0 Å². The van der Waals surface area contributed by atoms with Crippen molar-refractivity contribution in [3.63, 3.8) is 0 Å². The summed E-state index contributed by atoms with van der Waals surface area (Å²) in [5, 5.41) is 45.6. The number of aromatic hydroxyl groups is 1. The van der Waals surface area contributed by atoms with Gasteiger partial charge in [0, 0.05) is 19.4 Å². The Labute approximate surface area is 395 Å². The van der Waals surface area contributed by atoms with Crippen molar-refractivity contribution in [1.82, 2.24) is 31.9 Å². The number of aliphatic carboxylic acids is 1. The van der Waals surface area contributed by atoms with E-state index in [0.717, 1.165) is 0 Å². The van der Waals surface area contributed by atoms with Gasteiger partial charge < -0.3 is 74.9 Å². The van der Waals surface area contributed by atoms with Crippen molar-refractivity contribution >= 4 is 53.3 Å². The number of phenolic OH excluding ortho intramolecular Hbond substituents is 1. The van der Waals surface area contributed by atoms with E-state index in [4.69, 9.17) is 27.7 Å². The fraction of sp³-hybridized carbons (Fsp3) is 0.533. The van der Waals surface area contributed by atoms with E-state index in [0.29, 0.717) is 30.5 Å². The highest BCUT2D eigenvalue weighted by Crippen LogP contribution is 2.14. The molecule has 8 atom stereocenters. The van der Waals surface area contributed by atoms with Crippen LogP contribution in [-0.2, 0) is 56.1 Å². The van der Waals surface area contributed by atoms with Gasteiger partial charge in [-0.3, -0.25) is 38.6 Å². The first-order chi connectivity index (χ1) is 32.1. The lowest BCUT2D eigenvalue weighted by Crippen LogP contribution is -2.60. The van der Waals surface area contributed by atoms with Gasteiger partial charge in [-0.15, -0.1) is 0 Å². The number of nitrogens with two attached hydrogens (primary N) is 4. The zero-order chi connectivity index (χ0) is 50.9. The maximum absolute atomic E-state index is 14.0. The molecule has 8 unspecified atom stereocenters. The topological polar surface area (TPSA) is 395 Å². The van der Waals surface area contributed by atoms with Gasteiger partial charge >= 0.3 is 11.9 Å². The monoisotopic (exact) mass is 956 g/mol. The lowest BCUT2D eigenvalue weighted by Gasteiger charge is -2.27. The van der Waals surface area contributed by atoms with Crippen LogP contribution in [0, 0.1) is 5.92 Å². The van der Waals surface area contributed by atoms with E-state index in [1.807, 2.05) is 0 Å². The summed E-state index contributed by atoms with van der Waals surface area (Å²) in [7, 11) is 0. The zero-order valence-electron chi connectivity index (χ0n) is 38.9. The zero-order valence-corrected chi connectivity index (χ0v) is 38.9. The number of nitrogens with zero attached hydrogens (tertiary/aromatic N) is 1. The van der Waals surface area contributed by atoms with Crippen LogP contribution >= 0.6 is 0 Å². The first-order valence-electron chi connectivity index (χ1n) is 22.3. The van der Waals surface area contributed by atoms with Gasteiger partial charge in [0.15, 0.2) is 5.96 Å². The summed E-state index contributed by atoms with van der Waals surface area (Å²) in [6.07, 6.45) is -1.33. The molecule has 68 heavy (non-hydrogen) atoms. The van der Waals surface area contributed by atoms with Crippen LogP contribution in [0.4, 0.5) is 0 Å². The molecule has 0 aliphatic heterocycles. The summed E-state index contributed by atoms with van der Waals surface area (Å²) >= 11 is 0. The van der Waals surface area contributed by atoms with Crippen LogP contribution < -0.4 is 54.8 Å². The minimum absolute atomic E-state index is 0.0498. The Morgan fingerprint density at radius 1 is 0.676 bits per heavy atom. The van der Waals surface area contributed by atoms with Gasteiger partial charge in [0.05, 0.1) is 18.2 Å². The number of carboxylic acids is 1. The Hall–Kier alpha value is -6.85. The van der Waals surface area contributed by atoms with Gasteiger partial charge in [-0.05, 0) is 88.1 Å². The molecule has 0 heterocycles. The highest BCUT2D eigenvalue weighted by Gasteiger charge is 2.34. The number of ether oxygens (including phenoxy) is 1. The molecule has 2 aromatic carbocycles. The van der Waals surface area contributed by atoms with Gasteiger partial charge in [0.1, 0.15) is 42.6 Å². The average Bonchev–Trinajstić information content (AvgIpc) is 3.27. The molecule has 6 amide bonds. The summed E-state index contributed by atoms with van der Waals surface area (Å²) in [5.74, 6) is -7.27. The van der Waals surface area contributed by atoms with Crippen LogP contribution in [0.1, 0.15) is 83.8 Å². The number of phenols is 1. The molecule has 2 rings (SSSR count). The van der Waals surface area contributed by atoms with E-state index in [-0.39, 0.29) is 62.9 Å². The molecule has 17 N–H and O–H groups in total. The number of benzene rings is 2. The minimum atomic E-state index is -1.71. The number of rotatable bonds is 31. The maximum atomic E-state index is 14.0. The third kappa shape index (κ3) is 22.1. The molecular formula is C45H69N11O12. The predicted molar refractivity (Wildman–Crippen MR) is 249 cm³/mol. The van der Waals surface area contributed by atoms with Crippen LogP contribution in [-0.4, -0.2) is 130 Å². The first kappa shape index (κ1) is 57.3. The number of amides is 6. The van der Waals surface area contributed by atoms with Gasteiger partial charge in [-0.25, -0.2) is 4.79 Å². The quantitative estimate of drug-likeness (QED) is 0.0169. The molecule has 0 fully saturated rings. The number of nitrogens with one attached hydrogen (secondary N) is 6. The van der Waals surface area contributed by atoms with E-state index in [9.17, 15) is 53.7 Å². The second-order valence-corrected chi connectivity index (χ2v) is 16.8. The lowest BCUT2D eigenvalue weighted by molar-refractivity contribution is -0.150. The van der Waals surface area contributed by atoms with Crippen molar-refractivity contribution in [2.75, 3.05) is 13.1 Å². The van der Waals surface area contributed by atoms with E-state index in [1.54, 1.807) is 44.2 Å². The molecule has 0 spiro atoms. The number of aliphatic hydroxyl groups is 1. The molecular weight excluding hydrogens is 887 g/mol. The highest BCUT2D eigenvalue weighted by molar-refractivity contribution is 5.95. The first-order valence-corrected chi connectivity index (χ1v) is 22.3. The summed E-state index contributed by atoms with van der Waals surface area (Å²) in [5.41, 5.74) is 23.3. The standard InChI is InChI=1S/C45H69N11O12/c1-25(2)22-34(41(64)52-26(3)38(47)61)55-40(63)32(17-18-36(59)60)50-21-19-33(44(67)68-24-29-10-6-5-7-11-29)53-43(66)37(27(4)57)56-42(65)35(23-28-13-15-30(58)16-14-28)54-39(62)31(46)12-8-9-20-51-45(48)49/h5-7,10-11,13-16,25-27,31-35,37,50,57-58H,8-9,12,17-24,46H2,1-4H3,(H2,47,61)(H,52,64)(H,53,66)(H,54,62)(H,55,63)(H,56,65)(H,59,60)(H4,48,49,51). The SMILES string of the molecule is CC(C)CC(NC(=O)C(CCC(=O)O)NCCC(NC(=O)C(NC(=O)C(Cc1ccc(O)cc1)NC(=O)C(N)CCCCN=C(N)N)C(C)O)C(=O)OCc1ccccc1)C(=O)NC(C)C(N)=O. The number of primary amides is 1. The number of carbonyl (C=O) groups is 8. The predicted octanol–water partition coefficient (Wildman–Crippen LogP) is -1.98. The van der Waals surface area contributed by atoms with E-state index >= 15 is 0 Å². The Bertz CT molecular complexity index is 2000. The third-order valence-electron chi connectivity index (χ3n) is 10.4. The van der Waals surface area contributed by atoms with Crippen LogP contribution in [0.2, 0.25) is 0 Å². The van der Waals surface area contributed by atoms with Crippen LogP contribution in [0.5, 0.6) is 5.75 Å². The number of aliphatic hydroxyl groups excluding tert-OH is 1. The van der Waals surface area contributed by atoms with E-state index < -0.39 is 102 Å². The van der Waals surface area contributed by atoms with Crippen molar-refractivity contribution in [3.05, 3.63) is 65.7 Å². The molecule has 0 saturated carbocycles. The summed E-state index contributed by atoms with van der Waals surface area (Å²) in [6, 6.07) is 5.39. The highest BCUT2D eigenvalue weighted by atomic mass is 16.5. The van der Waals surface area contributed by atoms with Crippen LogP contribution in [0.25, 0.3) is 0 Å². The Morgan fingerprint density at radius 3 is 1.87 bits per heavy atom. The summed E-state index contributed by atoms with van der Waals surface area (Å²) in [6.45, 7) is 6.09. The number of hydrogen-bond donors (Lipinski definition) is 13. The Balaban J connectivity index is 2.36. The number of esters is 1. The van der Waals surface area contributed by atoms with Crippen molar-refractivity contribution in [2.45, 2.75) is 134 Å². The molecule has 0 saturated heterocycles. The number of aliphatic imine (C=N–C) groups is 1. The molecule has 23 nitrogen and oxygen atoms in total. The summed E-state index contributed by atoms with van der Waals surface area (Å²) in [4.78, 5) is 109. The normalized spacial score (nSPS) is 14.6. The van der Waals surface area contributed by atoms with Gasteiger partial charge in [-0.2, -0.15) is 0 Å². The molecule has 0 radical (unpaired) electrons. The number of unbranched alkanes of at least 4 members (excludes halogenated alkanes) is 1. The fourth-order valence-electron chi connectivity index (χ4n) is 6.53. The van der Waals surface area contributed by atoms with Crippen LogP contribution in [0.15, 0.2) is 59.6 Å². The van der Waals surface area contributed by atoms with Crippen molar-refractivity contribution in [3.8, 4) is 5.75 Å². The number of carboxylic acid groups (broad SMARTS) is 1. The third-order valence-corrected chi connectivity index (χ3v) is 10.4. The Morgan fingerprint density at radius 2 is 1.28 bits per heavy atom. The lowest BCUT2D eigenvalue weighted by atomic mass is 10.0.